The number of aromatic hydroxyl groups is 1. The molecule has 1 radical (unpaired) electrons. The first-order valence-corrected chi connectivity index (χ1v) is 4.24. The standard InChI is InChI=1S/C10H10N3O/c1-8-6-13(12-11-8)7-9-3-2-4-10(14)5-9/h2-6,14H,1,7H2. The molecule has 1 N–H and O–H groups in total. The second kappa shape index (κ2) is 3.49. The molecular formula is C10H10N3O. The summed E-state index contributed by atoms with van der Waals surface area (Å²) >= 11 is 0. The third-order valence-electron chi connectivity index (χ3n) is 1.84. The van der Waals surface area contributed by atoms with Gasteiger partial charge >= 0.3 is 0 Å². The quantitative estimate of drug-likeness (QED) is 0.770. The van der Waals surface area contributed by atoms with Crippen LogP contribution in [-0.2, 0) is 6.54 Å². The van der Waals surface area contributed by atoms with E-state index in [1.807, 2.05) is 6.07 Å². The number of hydrogen-bond acceptors (Lipinski definition) is 3. The minimum Gasteiger partial charge on any atom is -0.508 e. The molecule has 0 fully saturated rings. The van der Waals surface area contributed by atoms with Gasteiger partial charge in [0.05, 0.1) is 12.2 Å². The Kier molecular flexibility index (Phi) is 2.18. The summed E-state index contributed by atoms with van der Waals surface area (Å²) in [6.07, 6.45) is 1.75. The molecule has 2 rings (SSSR count). The summed E-state index contributed by atoms with van der Waals surface area (Å²) < 4.78 is 1.68. The van der Waals surface area contributed by atoms with Crippen LogP contribution in [0.15, 0.2) is 30.5 Å². The highest BCUT2D eigenvalue weighted by Crippen LogP contribution is 2.11. The van der Waals surface area contributed by atoms with Crippen LogP contribution in [0.1, 0.15) is 11.3 Å². The molecule has 1 aromatic carbocycles. The van der Waals surface area contributed by atoms with Crippen molar-refractivity contribution in [3.8, 4) is 5.75 Å². The van der Waals surface area contributed by atoms with Crippen molar-refractivity contribution in [3.63, 3.8) is 0 Å². The highest BCUT2D eigenvalue weighted by Gasteiger charge is 1.98. The van der Waals surface area contributed by atoms with Gasteiger partial charge < -0.3 is 5.11 Å². The van der Waals surface area contributed by atoms with E-state index in [0.29, 0.717) is 12.2 Å². The van der Waals surface area contributed by atoms with Crippen molar-refractivity contribution in [1.82, 2.24) is 15.0 Å². The Morgan fingerprint density at radius 1 is 1.43 bits per heavy atom. The van der Waals surface area contributed by atoms with Gasteiger partial charge in [0, 0.05) is 6.20 Å². The predicted octanol–water partition coefficient (Wildman–Crippen LogP) is 1.21. The zero-order valence-corrected chi connectivity index (χ0v) is 7.59. The lowest BCUT2D eigenvalue weighted by molar-refractivity contribution is 0.474. The van der Waals surface area contributed by atoms with Gasteiger partial charge in [0.1, 0.15) is 5.75 Å². The molecule has 0 amide bonds. The Balaban J connectivity index is 2.18. The van der Waals surface area contributed by atoms with Crippen LogP contribution in [0.4, 0.5) is 0 Å². The van der Waals surface area contributed by atoms with Crippen molar-refractivity contribution < 1.29 is 5.11 Å². The van der Waals surface area contributed by atoms with E-state index in [1.165, 1.54) is 0 Å². The highest BCUT2D eigenvalue weighted by molar-refractivity contribution is 5.27. The van der Waals surface area contributed by atoms with Gasteiger partial charge in [-0.15, -0.1) is 5.10 Å². The normalized spacial score (nSPS) is 10.4. The second-order valence-electron chi connectivity index (χ2n) is 3.08. The zero-order chi connectivity index (χ0) is 9.97. The van der Waals surface area contributed by atoms with E-state index in [0.717, 1.165) is 5.56 Å². The van der Waals surface area contributed by atoms with Crippen molar-refractivity contribution in [2.75, 3.05) is 0 Å². The molecule has 4 heteroatoms. The first-order valence-electron chi connectivity index (χ1n) is 4.24. The molecule has 4 nitrogen and oxygen atoms in total. The molecule has 0 saturated carbocycles. The lowest BCUT2D eigenvalue weighted by atomic mass is 10.2. The second-order valence-corrected chi connectivity index (χ2v) is 3.08. The van der Waals surface area contributed by atoms with Crippen LogP contribution in [0.2, 0.25) is 0 Å². The molecule has 0 aliphatic heterocycles. The average molecular weight is 188 g/mol. The first-order chi connectivity index (χ1) is 6.74. The molecule has 2 aromatic rings. The molecule has 1 aromatic heterocycles. The predicted molar refractivity (Wildman–Crippen MR) is 51.7 cm³/mol. The number of hydrogen-bond donors (Lipinski definition) is 1. The van der Waals surface area contributed by atoms with Crippen molar-refractivity contribution in [2.45, 2.75) is 6.54 Å². The maximum Gasteiger partial charge on any atom is 0.115 e. The average Bonchev–Trinajstić information content (AvgIpc) is 2.51. The zero-order valence-electron chi connectivity index (χ0n) is 7.59. The monoisotopic (exact) mass is 188 g/mol. The molecule has 0 saturated heterocycles. The Labute approximate surface area is 81.8 Å². The largest absolute Gasteiger partial charge is 0.508 e. The maximum absolute atomic E-state index is 9.24. The van der Waals surface area contributed by atoms with Crippen molar-refractivity contribution in [2.24, 2.45) is 0 Å². The van der Waals surface area contributed by atoms with E-state index in [4.69, 9.17) is 0 Å². The number of phenolic OH excluding ortho intramolecular Hbond substituents is 1. The molecule has 1 heterocycles. The van der Waals surface area contributed by atoms with E-state index >= 15 is 0 Å². The van der Waals surface area contributed by atoms with Gasteiger partial charge in [-0.2, -0.15) is 0 Å². The van der Waals surface area contributed by atoms with Crippen molar-refractivity contribution in [1.29, 1.82) is 0 Å². The van der Waals surface area contributed by atoms with Crippen molar-refractivity contribution in [3.05, 3.63) is 48.6 Å². The van der Waals surface area contributed by atoms with E-state index in [1.54, 1.807) is 29.1 Å². The minimum absolute atomic E-state index is 0.262. The van der Waals surface area contributed by atoms with Crippen LogP contribution in [0.25, 0.3) is 0 Å². The third-order valence-corrected chi connectivity index (χ3v) is 1.84. The minimum atomic E-state index is 0.262. The number of aromatic nitrogens is 3. The third kappa shape index (κ3) is 1.90. The number of benzene rings is 1. The molecule has 0 spiro atoms. The van der Waals surface area contributed by atoms with Gasteiger partial charge in [0.25, 0.3) is 0 Å². The van der Waals surface area contributed by atoms with Gasteiger partial charge in [-0.25, -0.2) is 4.68 Å². The Morgan fingerprint density at radius 3 is 2.93 bits per heavy atom. The molecular weight excluding hydrogens is 178 g/mol. The topological polar surface area (TPSA) is 50.9 Å². The molecule has 0 atom stereocenters. The van der Waals surface area contributed by atoms with Crippen LogP contribution >= 0.6 is 0 Å². The molecule has 0 aliphatic carbocycles. The molecule has 0 aliphatic rings. The molecule has 71 valence electrons. The van der Waals surface area contributed by atoms with Crippen LogP contribution in [0.3, 0.4) is 0 Å². The van der Waals surface area contributed by atoms with E-state index in [-0.39, 0.29) is 5.75 Å². The van der Waals surface area contributed by atoms with Gasteiger partial charge in [0.15, 0.2) is 0 Å². The smallest absolute Gasteiger partial charge is 0.115 e. The van der Waals surface area contributed by atoms with Gasteiger partial charge in [-0.1, -0.05) is 17.3 Å². The fraction of sp³-hybridized carbons (Fsp3) is 0.100. The number of phenols is 1. The van der Waals surface area contributed by atoms with Crippen LogP contribution in [0.5, 0.6) is 5.75 Å². The number of nitrogens with zero attached hydrogens (tertiary/aromatic N) is 3. The summed E-state index contributed by atoms with van der Waals surface area (Å²) in [5, 5.41) is 16.9. The van der Waals surface area contributed by atoms with Gasteiger partial charge in [0.2, 0.25) is 0 Å². The fourth-order valence-corrected chi connectivity index (χ4v) is 1.26. The molecule has 14 heavy (non-hydrogen) atoms. The molecule has 0 unspecified atom stereocenters. The lowest BCUT2D eigenvalue weighted by Crippen LogP contribution is -1.99. The summed E-state index contributed by atoms with van der Waals surface area (Å²) in [4.78, 5) is 0. The van der Waals surface area contributed by atoms with Crippen molar-refractivity contribution >= 4 is 0 Å². The van der Waals surface area contributed by atoms with E-state index in [2.05, 4.69) is 17.2 Å². The van der Waals surface area contributed by atoms with Gasteiger partial charge in [-0.05, 0) is 24.6 Å². The summed E-state index contributed by atoms with van der Waals surface area (Å²) in [5.74, 6) is 0.262. The Bertz CT molecular complexity index is 436. The fourth-order valence-electron chi connectivity index (χ4n) is 1.26. The summed E-state index contributed by atoms with van der Waals surface area (Å²) in [6.45, 7) is 4.25. The SMILES string of the molecule is [CH2]c1cn(Cc2cccc(O)c2)nn1. The first kappa shape index (κ1) is 8.74. The lowest BCUT2D eigenvalue weighted by Gasteiger charge is -2.00. The number of rotatable bonds is 2. The van der Waals surface area contributed by atoms with Crippen LogP contribution < -0.4 is 0 Å². The summed E-state index contributed by atoms with van der Waals surface area (Å²) in [6, 6.07) is 7.05. The van der Waals surface area contributed by atoms with Gasteiger partial charge in [-0.3, -0.25) is 0 Å². The van der Waals surface area contributed by atoms with E-state index in [9.17, 15) is 5.11 Å². The summed E-state index contributed by atoms with van der Waals surface area (Å²) in [5.41, 5.74) is 1.63. The van der Waals surface area contributed by atoms with Crippen LogP contribution in [-0.4, -0.2) is 20.1 Å². The maximum atomic E-state index is 9.24. The highest BCUT2D eigenvalue weighted by atomic mass is 16.3. The molecule has 0 bridgehead atoms. The van der Waals surface area contributed by atoms with E-state index < -0.39 is 0 Å². The van der Waals surface area contributed by atoms with Crippen LogP contribution in [0, 0.1) is 6.92 Å². The summed E-state index contributed by atoms with van der Waals surface area (Å²) in [7, 11) is 0. The Morgan fingerprint density at radius 2 is 2.29 bits per heavy atom. The Hall–Kier alpha value is -1.84.